The molecule has 0 aliphatic carbocycles. The summed E-state index contributed by atoms with van der Waals surface area (Å²) < 4.78 is 88.2. The molecule has 0 fully saturated rings. The number of anilines is 1. The van der Waals surface area contributed by atoms with Crippen LogP contribution < -0.4 is 9.64 Å². The van der Waals surface area contributed by atoms with Crippen LogP contribution in [0.1, 0.15) is 77.1 Å². The van der Waals surface area contributed by atoms with Gasteiger partial charge in [-0.05, 0) is 108 Å². The summed E-state index contributed by atoms with van der Waals surface area (Å²) in [5.74, 6) is 1.03. The van der Waals surface area contributed by atoms with Crippen molar-refractivity contribution < 1.29 is 35.9 Å². The molecule has 47 heavy (non-hydrogen) atoms. The molecule has 0 aliphatic heterocycles. The molecule has 10 heteroatoms. The van der Waals surface area contributed by atoms with Gasteiger partial charge in [-0.15, -0.1) is 0 Å². The van der Waals surface area contributed by atoms with Gasteiger partial charge in [0.15, 0.2) is 0 Å². The monoisotopic (exact) mass is 656 g/mol. The van der Waals surface area contributed by atoms with Crippen molar-refractivity contribution >= 4 is 12.1 Å². The second kappa shape index (κ2) is 14.6. The molecule has 0 spiro atoms. The first kappa shape index (κ1) is 35.5. The number of ether oxygens (including phenoxy) is 1. The van der Waals surface area contributed by atoms with E-state index in [0.717, 1.165) is 57.4 Å². The fourth-order valence-corrected chi connectivity index (χ4v) is 5.30. The van der Waals surface area contributed by atoms with Crippen molar-refractivity contribution in [2.75, 3.05) is 11.5 Å². The van der Waals surface area contributed by atoms with Crippen molar-refractivity contribution in [1.82, 2.24) is 4.98 Å². The molecule has 0 aliphatic rings. The van der Waals surface area contributed by atoms with E-state index in [9.17, 15) is 31.1 Å². The molecular formula is C37H38F6N2O2. The van der Waals surface area contributed by atoms with Crippen LogP contribution in [0.4, 0.5) is 32.2 Å². The molecule has 1 heterocycles. The number of aryl methyl sites for hydroxylation is 3. The van der Waals surface area contributed by atoms with E-state index in [-0.39, 0.29) is 37.2 Å². The molecule has 0 N–H and O–H groups in total. The third kappa shape index (κ3) is 9.14. The number of hydrogen-bond donors (Lipinski definition) is 0. The Hall–Kier alpha value is -4.34. The Kier molecular flexibility index (Phi) is 11.0. The summed E-state index contributed by atoms with van der Waals surface area (Å²) in [6.45, 7) is 10.3. The minimum Gasteiger partial charge on any atom is -0.492 e. The standard InChI is InChI=1S/C37H38F6N2O2/c1-23(2)28-9-8-24(3)33(18-28)34-15-26(5)25(4)14-29(34)22-45(35-11-10-32(20-44-35)47-13-7-6-12-46)21-27-16-30(36(38,39)40)19-31(17-27)37(41,42)43/h8-12,14-20,23H,6-7,13,21-22H2,1-5H3. The summed E-state index contributed by atoms with van der Waals surface area (Å²) in [4.78, 5) is 16.8. The Morgan fingerprint density at radius 2 is 1.45 bits per heavy atom. The minimum absolute atomic E-state index is 0.134. The van der Waals surface area contributed by atoms with E-state index in [1.165, 1.54) is 6.20 Å². The summed E-state index contributed by atoms with van der Waals surface area (Å²) in [6, 6.07) is 15.3. The van der Waals surface area contributed by atoms with Gasteiger partial charge in [0.25, 0.3) is 0 Å². The van der Waals surface area contributed by atoms with Crippen LogP contribution in [0.3, 0.4) is 0 Å². The summed E-state index contributed by atoms with van der Waals surface area (Å²) in [7, 11) is 0. The van der Waals surface area contributed by atoms with Crippen LogP contribution in [0.25, 0.3) is 11.1 Å². The predicted octanol–water partition coefficient (Wildman–Crippen LogP) is 10.4. The van der Waals surface area contributed by atoms with Crippen molar-refractivity contribution in [2.24, 2.45) is 0 Å². The van der Waals surface area contributed by atoms with E-state index in [1.54, 1.807) is 17.0 Å². The number of nitrogens with zero attached hydrogens (tertiary/aromatic N) is 2. The number of aldehydes is 1. The van der Waals surface area contributed by atoms with Gasteiger partial charge in [-0.3, -0.25) is 0 Å². The topological polar surface area (TPSA) is 42.4 Å². The van der Waals surface area contributed by atoms with Crippen LogP contribution in [0, 0.1) is 20.8 Å². The summed E-state index contributed by atoms with van der Waals surface area (Å²) in [5, 5.41) is 0. The third-order valence-corrected chi connectivity index (χ3v) is 8.10. The first-order chi connectivity index (χ1) is 22.1. The minimum atomic E-state index is -4.97. The summed E-state index contributed by atoms with van der Waals surface area (Å²) in [6.07, 6.45) is -6.84. The van der Waals surface area contributed by atoms with Gasteiger partial charge in [-0.25, -0.2) is 4.98 Å². The van der Waals surface area contributed by atoms with Gasteiger partial charge in [-0.2, -0.15) is 26.3 Å². The smallest absolute Gasteiger partial charge is 0.416 e. The maximum atomic E-state index is 13.8. The predicted molar refractivity (Wildman–Crippen MR) is 172 cm³/mol. The molecule has 250 valence electrons. The van der Waals surface area contributed by atoms with Gasteiger partial charge in [0.05, 0.1) is 23.9 Å². The van der Waals surface area contributed by atoms with E-state index >= 15 is 0 Å². The van der Waals surface area contributed by atoms with Crippen LogP contribution in [-0.2, 0) is 30.2 Å². The number of rotatable bonds is 12. The molecule has 0 bridgehead atoms. The summed E-state index contributed by atoms with van der Waals surface area (Å²) >= 11 is 0. The molecule has 0 unspecified atom stereocenters. The number of pyridine rings is 1. The number of carbonyl (C=O) groups excluding carboxylic acids is 1. The number of unbranched alkanes of at least 4 members (excludes halogenated alkanes) is 1. The quantitative estimate of drug-likeness (QED) is 0.0865. The van der Waals surface area contributed by atoms with Crippen molar-refractivity contribution in [3.63, 3.8) is 0 Å². The highest BCUT2D eigenvalue weighted by molar-refractivity contribution is 5.73. The highest BCUT2D eigenvalue weighted by atomic mass is 19.4. The highest BCUT2D eigenvalue weighted by Gasteiger charge is 2.37. The third-order valence-electron chi connectivity index (χ3n) is 8.10. The Balaban J connectivity index is 1.83. The number of alkyl halides is 6. The Morgan fingerprint density at radius 1 is 0.787 bits per heavy atom. The van der Waals surface area contributed by atoms with E-state index in [4.69, 9.17) is 4.74 Å². The molecule has 0 radical (unpaired) electrons. The van der Waals surface area contributed by atoms with Crippen molar-refractivity contribution in [1.29, 1.82) is 0 Å². The fourth-order valence-electron chi connectivity index (χ4n) is 5.30. The van der Waals surface area contributed by atoms with E-state index in [1.807, 2.05) is 26.8 Å². The number of aromatic nitrogens is 1. The molecule has 4 nitrogen and oxygen atoms in total. The van der Waals surface area contributed by atoms with Crippen LogP contribution in [-0.4, -0.2) is 17.9 Å². The molecule has 0 saturated heterocycles. The number of hydrogen-bond acceptors (Lipinski definition) is 4. The molecule has 1 aromatic heterocycles. The fraction of sp³-hybridized carbons (Fsp3) is 0.351. The number of benzene rings is 3. The lowest BCUT2D eigenvalue weighted by Crippen LogP contribution is -2.24. The van der Waals surface area contributed by atoms with Gasteiger partial charge in [-0.1, -0.05) is 44.2 Å². The molecule has 0 atom stereocenters. The zero-order valence-corrected chi connectivity index (χ0v) is 27.0. The number of carbonyl (C=O) groups is 1. The van der Waals surface area contributed by atoms with Crippen LogP contribution in [0.5, 0.6) is 5.75 Å². The Morgan fingerprint density at radius 3 is 2.02 bits per heavy atom. The highest BCUT2D eigenvalue weighted by Crippen LogP contribution is 2.38. The van der Waals surface area contributed by atoms with Crippen LogP contribution >= 0.6 is 0 Å². The largest absolute Gasteiger partial charge is 0.492 e. The Bertz CT molecular complexity index is 1660. The van der Waals surface area contributed by atoms with Crippen LogP contribution in [0.15, 0.2) is 66.9 Å². The van der Waals surface area contributed by atoms with E-state index in [0.29, 0.717) is 24.4 Å². The van der Waals surface area contributed by atoms with Gasteiger partial charge in [0.1, 0.15) is 17.9 Å². The second-order valence-electron chi connectivity index (χ2n) is 12.1. The average molecular weight is 657 g/mol. The maximum Gasteiger partial charge on any atom is 0.416 e. The Labute approximate surface area is 271 Å². The summed E-state index contributed by atoms with van der Waals surface area (Å²) in [5.41, 5.74) is 4.08. The van der Waals surface area contributed by atoms with Crippen molar-refractivity contribution in [3.05, 3.63) is 111 Å². The van der Waals surface area contributed by atoms with Gasteiger partial charge in [0, 0.05) is 19.5 Å². The molecule has 0 amide bonds. The molecule has 0 saturated carbocycles. The SMILES string of the molecule is Cc1cc(CN(Cc2cc(C(F)(F)F)cc(C(F)(F)F)c2)c2ccc(OCCCC=O)cn2)c(-c2cc(C(C)C)ccc2C)cc1C. The van der Waals surface area contributed by atoms with Gasteiger partial charge >= 0.3 is 12.4 Å². The lowest BCUT2D eigenvalue weighted by atomic mass is 9.89. The normalized spacial score (nSPS) is 12.0. The lowest BCUT2D eigenvalue weighted by molar-refractivity contribution is -0.143. The van der Waals surface area contributed by atoms with Crippen LogP contribution in [0.2, 0.25) is 0 Å². The number of halogens is 6. The molecular weight excluding hydrogens is 618 g/mol. The maximum absolute atomic E-state index is 13.8. The molecule has 4 aromatic rings. The first-order valence-electron chi connectivity index (χ1n) is 15.3. The van der Waals surface area contributed by atoms with Crippen molar-refractivity contribution in [2.45, 2.75) is 78.8 Å². The first-order valence-corrected chi connectivity index (χ1v) is 15.3. The van der Waals surface area contributed by atoms with Crippen molar-refractivity contribution in [3.8, 4) is 16.9 Å². The average Bonchev–Trinajstić information content (AvgIpc) is 3.00. The molecule has 4 rings (SSSR count). The van der Waals surface area contributed by atoms with E-state index < -0.39 is 23.5 Å². The van der Waals surface area contributed by atoms with E-state index in [2.05, 4.69) is 43.1 Å². The molecule has 3 aromatic carbocycles. The zero-order chi connectivity index (χ0) is 34.5. The zero-order valence-electron chi connectivity index (χ0n) is 27.0. The van der Waals surface area contributed by atoms with Gasteiger partial charge in [0.2, 0.25) is 0 Å². The lowest BCUT2D eigenvalue weighted by Gasteiger charge is -2.27. The van der Waals surface area contributed by atoms with Gasteiger partial charge < -0.3 is 14.4 Å². The second-order valence-corrected chi connectivity index (χ2v) is 12.1.